The highest BCUT2D eigenvalue weighted by molar-refractivity contribution is 4.80. The smallest absolute Gasteiger partial charge is 0.0812 e. The Morgan fingerprint density at radius 2 is 1.92 bits per heavy atom. The first-order chi connectivity index (χ1) is 5.75. The van der Waals surface area contributed by atoms with E-state index in [0.29, 0.717) is 6.10 Å². The molecule has 0 amide bonds. The minimum absolute atomic E-state index is 0.649. The first kappa shape index (κ1) is 8.55. The van der Waals surface area contributed by atoms with Gasteiger partial charge in [0.05, 0.1) is 12.7 Å². The highest BCUT2D eigenvalue weighted by atomic mass is 16.6. The predicted molar refractivity (Wildman–Crippen MR) is 50.0 cm³/mol. The Morgan fingerprint density at radius 1 is 1.17 bits per heavy atom. The first-order valence-corrected chi connectivity index (χ1v) is 5.37. The second-order valence-electron chi connectivity index (χ2n) is 4.82. The van der Waals surface area contributed by atoms with Crippen molar-refractivity contribution in [3.05, 3.63) is 0 Å². The summed E-state index contributed by atoms with van der Waals surface area (Å²) in [6.45, 7) is 5.85. The molecular weight excluding hydrogens is 148 g/mol. The van der Waals surface area contributed by atoms with Gasteiger partial charge in [0, 0.05) is 0 Å². The number of epoxide rings is 1. The van der Waals surface area contributed by atoms with E-state index >= 15 is 0 Å². The van der Waals surface area contributed by atoms with Crippen molar-refractivity contribution in [3.63, 3.8) is 0 Å². The lowest BCUT2D eigenvalue weighted by molar-refractivity contribution is 0.189. The summed E-state index contributed by atoms with van der Waals surface area (Å²) in [6, 6.07) is 0. The number of hydrogen-bond donors (Lipinski definition) is 0. The Labute approximate surface area is 75.5 Å². The van der Waals surface area contributed by atoms with Gasteiger partial charge in [-0.05, 0) is 30.6 Å². The van der Waals surface area contributed by atoms with E-state index in [1.54, 1.807) is 0 Å². The zero-order valence-electron chi connectivity index (χ0n) is 8.25. The molecule has 0 bridgehead atoms. The Hall–Kier alpha value is -0.0400. The average Bonchev–Trinajstić information content (AvgIpc) is 2.81. The molecule has 0 spiro atoms. The van der Waals surface area contributed by atoms with Crippen LogP contribution < -0.4 is 0 Å². The van der Waals surface area contributed by atoms with Gasteiger partial charge in [-0.2, -0.15) is 0 Å². The molecule has 1 saturated carbocycles. The maximum atomic E-state index is 5.27. The van der Waals surface area contributed by atoms with E-state index in [1.807, 2.05) is 0 Å². The molecule has 1 saturated heterocycles. The third-order valence-corrected chi connectivity index (χ3v) is 3.71. The second-order valence-corrected chi connectivity index (χ2v) is 4.82. The molecule has 1 nitrogen and oxygen atoms in total. The van der Waals surface area contributed by atoms with Gasteiger partial charge in [-0.3, -0.25) is 0 Å². The van der Waals surface area contributed by atoms with E-state index in [4.69, 9.17) is 4.74 Å². The molecule has 1 aliphatic carbocycles. The average molecular weight is 168 g/mol. The van der Waals surface area contributed by atoms with E-state index in [1.165, 1.54) is 25.7 Å². The number of ether oxygens (including phenoxy) is 1. The summed E-state index contributed by atoms with van der Waals surface area (Å²) in [5.41, 5.74) is 0. The number of hydrogen-bond acceptors (Lipinski definition) is 1. The van der Waals surface area contributed by atoms with E-state index in [2.05, 4.69) is 13.8 Å². The van der Waals surface area contributed by atoms with Gasteiger partial charge in [0.1, 0.15) is 0 Å². The van der Waals surface area contributed by atoms with Crippen LogP contribution in [0.4, 0.5) is 0 Å². The van der Waals surface area contributed by atoms with Crippen LogP contribution in [0.15, 0.2) is 0 Å². The lowest BCUT2D eigenvalue weighted by Crippen LogP contribution is -2.21. The van der Waals surface area contributed by atoms with Gasteiger partial charge in [-0.25, -0.2) is 0 Å². The van der Waals surface area contributed by atoms with Gasteiger partial charge >= 0.3 is 0 Å². The maximum Gasteiger partial charge on any atom is 0.0812 e. The fraction of sp³-hybridized carbons (Fsp3) is 1.00. The molecule has 0 aromatic carbocycles. The van der Waals surface area contributed by atoms with Crippen LogP contribution in [-0.4, -0.2) is 12.7 Å². The van der Waals surface area contributed by atoms with Crippen LogP contribution in [0.3, 0.4) is 0 Å². The SMILES string of the molecule is CC1CCC(CC2CO2)CC1C. The highest BCUT2D eigenvalue weighted by Crippen LogP contribution is 2.37. The van der Waals surface area contributed by atoms with Crippen LogP contribution in [0.5, 0.6) is 0 Å². The van der Waals surface area contributed by atoms with Gasteiger partial charge in [-0.1, -0.05) is 26.7 Å². The van der Waals surface area contributed by atoms with Gasteiger partial charge in [0.25, 0.3) is 0 Å². The molecule has 4 atom stereocenters. The molecule has 2 rings (SSSR count). The van der Waals surface area contributed by atoms with Crippen LogP contribution in [-0.2, 0) is 4.74 Å². The fourth-order valence-corrected chi connectivity index (χ4v) is 2.45. The van der Waals surface area contributed by atoms with Crippen LogP contribution in [0.2, 0.25) is 0 Å². The van der Waals surface area contributed by atoms with Crippen molar-refractivity contribution in [2.24, 2.45) is 17.8 Å². The monoisotopic (exact) mass is 168 g/mol. The van der Waals surface area contributed by atoms with Gasteiger partial charge in [-0.15, -0.1) is 0 Å². The summed E-state index contributed by atoms with van der Waals surface area (Å²) in [6.07, 6.45) is 6.33. The minimum atomic E-state index is 0.649. The lowest BCUT2D eigenvalue weighted by atomic mass is 9.74. The third-order valence-electron chi connectivity index (χ3n) is 3.71. The molecule has 0 radical (unpaired) electrons. The second kappa shape index (κ2) is 3.37. The van der Waals surface area contributed by atoms with Crippen molar-refractivity contribution in [1.29, 1.82) is 0 Å². The first-order valence-electron chi connectivity index (χ1n) is 5.37. The summed E-state index contributed by atoms with van der Waals surface area (Å²) < 4.78 is 5.27. The molecule has 4 unspecified atom stereocenters. The van der Waals surface area contributed by atoms with Crippen molar-refractivity contribution >= 4 is 0 Å². The zero-order valence-corrected chi connectivity index (χ0v) is 8.25. The molecule has 1 aliphatic heterocycles. The van der Waals surface area contributed by atoms with Crippen LogP contribution in [0.1, 0.15) is 39.5 Å². The zero-order chi connectivity index (χ0) is 8.55. The molecule has 1 heteroatoms. The molecule has 0 aromatic rings. The van der Waals surface area contributed by atoms with Gasteiger partial charge in [0.2, 0.25) is 0 Å². The molecule has 2 aliphatic rings. The number of rotatable bonds is 2. The predicted octanol–water partition coefficient (Wildman–Crippen LogP) is 2.85. The third kappa shape index (κ3) is 2.01. The fourth-order valence-electron chi connectivity index (χ4n) is 2.45. The summed E-state index contributed by atoms with van der Waals surface area (Å²) in [5, 5.41) is 0. The van der Waals surface area contributed by atoms with Crippen LogP contribution in [0.25, 0.3) is 0 Å². The van der Waals surface area contributed by atoms with Crippen molar-refractivity contribution in [3.8, 4) is 0 Å². The van der Waals surface area contributed by atoms with E-state index in [0.717, 1.165) is 24.4 Å². The lowest BCUT2D eigenvalue weighted by Gasteiger charge is -2.31. The largest absolute Gasteiger partial charge is 0.373 e. The van der Waals surface area contributed by atoms with Gasteiger partial charge in [0.15, 0.2) is 0 Å². The molecule has 0 N–H and O–H groups in total. The van der Waals surface area contributed by atoms with E-state index in [-0.39, 0.29) is 0 Å². The summed E-state index contributed by atoms with van der Waals surface area (Å²) in [5.74, 6) is 2.88. The molecule has 70 valence electrons. The maximum absolute atomic E-state index is 5.27. The quantitative estimate of drug-likeness (QED) is 0.578. The van der Waals surface area contributed by atoms with Crippen molar-refractivity contribution in [2.75, 3.05) is 6.61 Å². The normalized spacial score (nSPS) is 47.5. The summed E-state index contributed by atoms with van der Waals surface area (Å²) in [7, 11) is 0. The Balaban J connectivity index is 1.76. The van der Waals surface area contributed by atoms with E-state index < -0.39 is 0 Å². The Bertz CT molecular complexity index is 151. The van der Waals surface area contributed by atoms with Crippen molar-refractivity contribution < 1.29 is 4.74 Å². The van der Waals surface area contributed by atoms with Crippen LogP contribution in [0, 0.1) is 17.8 Å². The molecule has 2 fully saturated rings. The topological polar surface area (TPSA) is 12.5 Å². The van der Waals surface area contributed by atoms with Crippen LogP contribution >= 0.6 is 0 Å². The molecule has 0 aromatic heterocycles. The van der Waals surface area contributed by atoms with E-state index in [9.17, 15) is 0 Å². The van der Waals surface area contributed by atoms with Gasteiger partial charge < -0.3 is 4.74 Å². The summed E-state index contributed by atoms with van der Waals surface area (Å²) in [4.78, 5) is 0. The van der Waals surface area contributed by atoms with Crippen molar-refractivity contribution in [2.45, 2.75) is 45.6 Å². The Kier molecular flexibility index (Phi) is 2.40. The minimum Gasteiger partial charge on any atom is -0.373 e. The summed E-state index contributed by atoms with van der Waals surface area (Å²) >= 11 is 0. The molecular formula is C11H20O. The highest BCUT2D eigenvalue weighted by Gasteiger charge is 2.30. The standard InChI is InChI=1S/C11H20O/c1-8-3-4-10(5-9(8)2)6-11-7-12-11/h8-11H,3-7H2,1-2H3. The van der Waals surface area contributed by atoms with Crippen molar-refractivity contribution in [1.82, 2.24) is 0 Å². The molecule has 1 heterocycles. The Morgan fingerprint density at radius 3 is 2.50 bits per heavy atom. The molecule has 12 heavy (non-hydrogen) atoms.